The molecule has 1 heterocycles. The van der Waals surface area contributed by atoms with Crippen molar-refractivity contribution >= 4 is 6.09 Å². The maximum Gasteiger partial charge on any atom is 0.409 e. The zero-order valence-electron chi connectivity index (χ0n) is 9.87. The number of likely N-dealkylation sites (tertiary alicyclic amines) is 1. The largest absolute Gasteiger partial charge is 0.450 e. The van der Waals surface area contributed by atoms with Crippen LogP contribution in [-0.4, -0.2) is 30.7 Å². The van der Waals surface area contributed by atoms with Crippen LogP contribution in [0.3, 0.4) is 0 Å². The zero-order valence-corrected chi connectivity index (χ0v) is 9.87. The summed E-state index contributed by atoms with van der Waals surface area (Å²) in [6.07, 6.45) is 9.82. The van der Waals surface area contributed by atoms with Gasteiger partial charge in [-0.1, -0.05) is 5.92 Å². The second-order valence-electron chi connectivity index (χ2n) is 4.76. The van der Waals surface area contributed by atoms with Gasteiger partial charge in [-0.2, -0.15) is 0 Å². The molecule has 0 bridgehead atoms. The highest BCUT2D eigenvalue weighted by molar-refractivity contribution is 5.67. The van der Waals surface area contributed by atoms with Gasteiger partial charge in [0.2, 0.25) is 0 Å². The molecule has 3 heteroatoms. The number of nitrogens with zero attached hydrogens (tertiary/aromatic N) is 1. The predicted octanol–water partition coefficient (Wildman–Crippen LogP) is 2.27. The summed E-state index contributed by atoms with van der Waals surface area (Å²) in [5, 5.41) is 0. The van der Waals surface area contributed by atoms with Crippen molar-refractivity contribution in [2.45, 2.75) is 32.6 Å². The van der Waals surface area contributed by atoms with E-state index in [0.717, 1.165) is 25.9 Å². The van der Waals surface area contributed by atoms with E-state index in [1.165, 1.54) is 12.8 Å². The van der Waals surface area contributed by atoms with E-state index >= 15 is 0 Å². The molecule has 2 fully saturated rings. The van der Waals surface area contributed by atoms with Crippen LogP contribution in [-0.2, 0) is 4.74 Å². The summed E-state index contributed by atoms with van der Waals surface area (Å²) < 4.78 is 4.99. The van der Waals surface area contributed by atoms with Crippen LogP contribution in [0.4, 0.5) is 4.79 Å². The lowest BCUT2D eigenvalue weighted by atomic mass is 9.82. The highest BCUT2D eigenvalue weighted by Crippen LogP contribution is 2.54. The Balaban J connectivity index is 1.83. The van der Waals surface area contributed by atoms with Crippen molar-refractivity contribution in [3.05, 3.63) is 0 Å². The minimum atomic E-state index is -0.175. The molecule has 1 saturated heterocycles. The molecule has 0 radical (unpaired) electrons. The smallest absolute Gasteiger partial charge is 0.409 e. The van der Waals surface area contributed by atoms with E-state index in [9.17, 15) is 4.79 Å². The van der Waals surface area contributed by atoms with Crippen molar-refractivity contribution in [2.75, 3.05) is 19.7 Å². The molecule has 16 heavy (non-hydrogen) atoms. The molecule has 1 amide bonds. The van der Waals surface area contributed by atoms with Gasteiger partial charge in [-0.25, -0.2) is 4.79 Å². The summed E-state index contributed by atoms with van der Waals surface area (Å²) in [4.78, 5) is 13.3. The SMILES string of the molecule is C#CC1(C2CCN(C(=O)OCC)CC2)CC1. The third-order valence-electron chi connectivity index (χ3n) is 3.88. The molecule has 1 aliphatic carbocycles. The average molecular weight is 221 g/mol. The van der Waals surface area contributed by atoms with Gasteiger partial charge in [0.1, 0.15) is 0 Å². The van der Waals surface area contributed by atoms with Crippen LogP contribution in [0.25, 0.3) is 0 Å². The molecule has 0 unspecified atom stereocenters. The fraction of sp³-hybridized carbons (Fsp3) is 0.769. The number of ether oxygens (including phenoxy) is 1. The van der Waals surface area contributed by atoms with E-state index in [1.807, 2.05) is 6.92 Å². The first kappa shape index (κ1) is 11.3. The van der Waals surface area contributed by atoms with Gasteiger partial charge >= 0.3 is 6.09 Å². The fourth-order valence-corrected chi connectivity index (χ4v) is 2.63. The zero-order chi connectivity index (χ0) is 11.6. The summed E-state index contributed by atoms with van der Waals surface area (Å²) in [6, 6.07) is 0. The molecule has 2 rings (SSSR count). The summed E-state index contributed by atoms with van der Waals surface area (Å²) in [7, 11) is 0. The molecule has 0 N–H and O–H groups in total. The van der Waals surface area contributed by atoms with Gasteiger partial charge in [-0.15, -0.1) is 6.42 Å². The Bertz CT molecular complexity index is 306. The second-order valence-corrected chi connectivity index (χ2v) is 4.76. The van der Waals surface area contributed by atoms with E-state index in [2.05, 4.69) is 5.92 Å². The Hall–Kier alpha value is -1.17. The van der Waals surface area contributed by atoms with Crippen LogP contribution in [0.5, 0.6) is 0 Å². The molecule has 2 aliphatic rings. The molecule has 3 nitrogen and oxygen atoms in total. The van der Waals surface area contributed by atoms with Crippen molar-refractivity contribution in [1.29, 1.82) is 0 Å². The van der Waals surface area contributed by atoms with Gasteiger partial charge in [-0.3, -0.25) is 0 Å². The maximum atomic E-state index is 11.5. The lowest BCUT2D eigenvalue weighted by Gasteiger charge is -2.33. The normalized spacial score (nSPS) is 23.6. The highest BCUT2D eigenvalue weighted by atomic mass is 16.6. The van der Waals surface area contributed by atoms with Crippen LogP contribution in [0.2, 0.25) is 0 Å². The van der Waals surface area contributed by atoms with Crippen LogP contribution < -0.4 is 0 Å². The Kier molecular flexibility index (Phi) is 3.09. The number of terminal acetylenes is 1. The van der Waals surface area contributed by atoms with E-state index in [-0.39, 0.29) is 11.5 Å². The number of piperidine rings is 1. The average Bonchev–Trinajstić information content (AvgIpc) is 3.10. The van der Waals surface area contributed by atoms with Gasteiger partial charge in [0.05, 0.1) is 6.61 Å². The van der Waals surface area contributed by atoms with Gasteiger partial charge < -0.3 is 9.64 Å². The number of carbonyl (C=O) groups is 1. The van der Waals surface area contributed by atoms with Crippen LogP contribution in [0, 0.1) is 23.7 Å². The van der Waals surface area contributed by atoms with Crippen molar-refractivity contribution < 1.29 is 9.53 Å². The third kappa shape index (κ3) is 2.02. The van der Waals surface area contributed by atoms with Gasteiger partial charge in [0.15, 0.2) is 0 Å². The monoisotopic (exact) mass is 221 g/mol. The topological polar surface area (TPSA) is 29.5 Å². The molecule has 0 aromatic heterocycles. The molecular weight excluding hydrogens is 202 g/mol. The summed E-state index contributed by atoms with van der Waals surface area (Å²) >= 11 is 0. The first-order valence-electron chi connectivity index (χ1n) is 6.11. The maximum absolute atomic E-state index is 11.5. The predicted molar refractivity (Wildman–Crippen MR) is 61.8 cm³/mol. The molecule has 88 valence electrons. The third-order valence-corrected chi connectivity index (χ3v) is 3.88. The number of carbonyl (C=O) groups excluding carboxylic acids is 1. The Morgan fingerprint density at radius 3 is 2.56 bits per heavy atom. The Morgan fingerprint density at radius 2 is 2.12 bits per heavy atom. The molecule has 0 aromatic rings. The molecule has 1 aliphatic heterocycles. The molecular formula is C13H19NO2. The van der Waals surface area contributed by atoms with Crippen molar-refractivity contribution in [1.82, 2.24) is 4.90 Å². The van der Waals surface area contributed by atoms with Gasteiger partial charge in [0, 0.05) is 18.5 Å². The lowest BCUT2D eigenvalue weighted by Crippen LogP contribution is -2.40. The van der Waals surface area contributed by atoms with Crippen molar-refractivity contribution in [2.24, 2.45) is 11.3 Å². The molecule has 0 atom stereocenters. The molecule has 0 spiro atoms. The molecule has 0 aromatic carbocycles. The fourth-order valence-electron chi connectivity index (χ4n) is 2.63. The van der Waals surface area contributed by atoms with Crippen LogP contribution >= 0.6 is 0 Å². The van der Waals surface area contributed by atoms with E-state index in [0.29, 0.717) is 12.5 Å². The number of hydrogen-bond acceptors (Lipinski definition) is 2. The van der Waals surface area contributed by atoms with Gasteiger partial charge in [-0.05, 0) is 38.5 Å². The molecule has 1 saturated carbocycles. The summed E-state index contributed by atoms with van der Waals surface area (Å²) in [6.45, 7) is 3.88. The summed E-state index contributed by atoms with van der Waals surface area (Å²) in [5.74, 6) is 3.57. The van der Waals surface area contributed by atoms with E-state index in [1.54, 1.807) is 4.90 Å². The van der Waals surface area contributed by atoms with E-state index in [4.69, 9.17) is 11.2 Å². The summed E-state index contributed by atoms with van der Waals surface area (Å²) in [5.41, 5.74) is 0.181. The van der Waals surface area contributed by atoms with Crippen molar-refractivity contribution in [3.63, 3.8) is 0 Å². The first-order valence-corrected chi connectivity index (χ1v) is 6.11. The quantitative estimate of drug-likeness (QED) is 0.669. The highest BCUT2D eigenvalue weighted by Gasteiger charge is 2.48. The minimum Gasteiger partial charge on any atom is -0.450 e. The Morgan fingerprint density at radius 1 is 1.50 bits per heavy atom. The van der Waals surface area contributed by atoms with Crippen LogP contribution in [0.1, 0.15) is 32.6 Å². The van der Waals surface area contributed by atoms with E-state index < -0.39 is 0 Å². The first-order chi connectivity index (χ1) is 7.72. The van der Waals surface area contributed by atoms with Crippen LogP contribution in [0.15, 0.2) is 0 Å². The Labute approximate surface area is 97.1 Å². The standard InChI is InChI=1S/C13H19NO2/c1-3-13(7-8-13)11-5-9-14(10-6-11)12(15)16-4-2/h1,11H,4-10H2,2H3. The lowest BCUT2D eigenvalue weighted by molar-refractivity contribution is 0.0861. The number of hydrogen-bond donors (Lipinski definition) is 0. The minimum absolute atomic E-state index is 0.175. The number of amides is 1. The second kappa shape index (κ2) is 4.37. The number of rotatable bonds is 2. The van der Waals surface area contributed by atoms with Gasteiger partial charge in [0.25, 0.3) is 0 Å². The van der Waals surface area contributed by atoms with Crippen molar-refractivity contribution in [3.8, 4) is 12.3 Å².